The van der Waals surface area contributed by atoms with E-state index in [0.717, 1.165) is 36.5 Å². The molecule has 2 rings (SSSR count). The lowest BCUT2D eigenvalue weighted by Crippen LogP contribution is -2.24. The molecule has 0 saturated carbocycles. The SMILES string of the molecule is CCCCCn1cnnc1SCC(=O)NCc1ccc(C(=O)OC)cc1. The first kappa shape index (κ1) is 20.0. The molecule has 0 aliphatic heterocycles. The van der Waals surface area contributed by atoms with Gasteiger partial charge in [0.05, 0.1) is 18.4 Å². The van der Waals surface area contributed by atoms with Gasteiger partial charge in [0, 0.05) is 13.1 Å². The van der Waals surface area contributed by atoms with Crippen LogP contribution in [0.15, 0.2) is 35.7 Å². The molecule has 1 heterocycles. The van der Waals surface area contributed by atoms with Crippen molar-refractivity contribution in [1.29, 1.82) is 0 Å². The van der Waals surface area contributed by atoms with Crippen LogP contribution in [-0.2, 0) is 22.6 Å². The lowest BCUT2D eigenvalue weighted by atomic mass is 10.1. The van der Waals surface area contributed by atoms with Crippen molar-refractivity contribution in [2.75, 3.05) is 12.9 Å². The quantitative estimate of drug-likeness (QED) is 0.390. The minimum absolute atomic E-state index is 0.0739. The smallest absolute Gasteiger partial charge is 0.337 e. The van der Waals surface area contributed by atoms with Crippen molar-refractivity contribution in [1.82, 2.24) is 20.1 Å². The molecule has 1 aromatic heterocycles. The van der Waals surface area contributed by atoms with Gasteiger partial charge in [0.25, 0.3) is 0 Å². The maximum Gasteiger partial charge on any atom is 0.337 e. The standard InChI is InChI=1S/C18H24N4O3S/c1-3-4-5-10-22-13-20-21-18(22)26-12-16(23)19-11-14-6-8-15(9-7-14)17(24)25-2/h6-9,13H,3-5,10-12H2,1-2H3,(H,19,23). The molecule has 0 aliphatic carbocycles. The third-order valence-corrected chi connectivity index (χ3v) is 4.76. The van der Waals surface area contributed by atoms with Crippen molar-refractivity contribution in [3.05, 3.63) is 41.7 Å². The summed E-state index contributed by atoms with van der Waals surface area (Å²) < 4.78 is 6.64. The fraction of sp³-hybridized carbons (Fsp3) is 0.444. The van der Waals surface area contributed by atoms with E-state index in [-0.39, 0.29) is 17.6 Å². The van der Waals surface area contributed by atoms with E-state index < -0.39 is 0 Å². The molecule has 0 fully saturated rings. The van der Waals surface area contributed by atoms with Gasteiger partial charge in [0.1, 0.15) is 6.33 Å². The average molecular weight is 376 g/mol. The number of rotatable bonds is 10. The number of benzene rings is 1. The van der Waals surface area contributed by atoms with Gasteiger partial charge in [-0.3, -0.25) is 4.79 Å². The number of hydrogen-bond donors (Lipinski definition) is 1. The van der Waals surface area contributed by atoms with Crippen LogP contribution in [-0.4, -0.2) is 39.5 Å². The Bertz CT molecular complexity index is 715. The van der Waals surface area contributed by atoms with Crippen LogP contribution in [0.5, 0.6) is 0 Å². The number of hydrogen-bond acceptors (Lipinski definition) is 6. The van der Waals surface area contributed by atoms with Crippen molar-refractivity contribution in [3.8, 4) is 0 Å². The molecule has 0 saturated heterocycles. The van der Waals surface area contributed by atoms with Gasteiger partial charge in [-0.1, -0.05) is 43.7 Å². The van der Waals surface area contributed by atoms with Crippen LogP contribution in [0.4, 0.5) is 0 Å². The predicted octanol–water partition coefficient (Wildman–Crippen LogP) is 2.66. The van der Waals surface area contributed by atoms with Gasteiger partial charge < -0.3 is 14.6 Å². The number of carbonyl (C=O) groups excluding carboxylic acids is 2. The zero-order valence-electron chi connectivity index (χ0n) is 15.1. The first-order valence-corrected chi connectivity index (χ1v) is 9.57. The van der Waals surface area contributed by atoms with E-state index in [0.29, 0.717) is 12.1 Å². The van der Waals surface area contributed by atoms with Crippen molar-refractivity contribution < 1.29 is 14.3 Å². The van der Waals surface area contributed by atoms with Crippen molar-refractivity contribution >= 4 is 23.6 Å². The third kappa shape index (κ3) is 6.18. The second kappa shape index (κ2) is 10.6. The average Bonchev–Trinajstić information content (AvgIpc) is 3.12. The Morgan fingerprint density at radius 2 is 2.00 bits per heavy atom. The molecule has 0 spiro atoms. The third-order valence-electron chi connectivity index (χ3n) is 3.78. The minimum atomic E-state index is -0.375. The Labute approximate surface area is 157 Å². The van der Waals surface area contributed by atoms with Crippen LogP contribution in [0.25, 0.3) is 0 Å². The van der Waals surface area contributed by atoms with Gasteiger partial charge in [0.2, 0.25) is 5.91 Å². The Morgan fingerprint density at radius 1 is 1.23 bits per heavy atom. The normalized spacial score (nSPS) is 10.5. The van der Waals surface area contributed by atoms with E-state index in [2.05, 4.69) is 27.2 Å². The summed E-state index contributed by atoms with van der Waals surface area (Å²) in [6.45, 7) is 3.44. The molecule has 1 aromatic carbocycles. The summed E-state index contributed by atoms with van der Waals surface area (Å²) in [5.74, 6) is -0.164. The second-order valence-corrected chi connectivity index (χ2v) is 6.71. The summed E-state index contributed by atoms with van der Waals surface area (Å²) in [5, 5.41) is 11.6. The number of esters is 1. The number of thioether (sulfide) groups is 1. The van der Waals surface area contributed by atoms with Crippen LogP contribution in [0.2, 0.25) is 0 Å². The van der Waals surface area contributed by atoms with Gasteiger partial charge in [0.15, 0.2) is 5.16 Å². The molecule has 0 radical (unpaired) electrons. The Balaban J connectivity index is 1.75. The number of unbranched alkanes of at least 4 members (excludes halogenated alkanes) is 2. The molecule has 0 bridgehead atoms. The van der Waals surface area contributed by atoms with Gasteiger partial charge in [-0.2, -0.15) is 0 Å². The van der Waals surface area contributed by atoms with Crippen molar-refractivity contribution in [2.45, 2.75) is 44.4 Å². The van der Waals surface area contributed by atoms with E-state index in [1.807, 2.05) is 4.57 Å². The van der Waals surface area contributed by atoms with Crippen LogP contribution in [0.1, 0.15) is 42.1 Å². The predicted molar refractivity (Wildman–Crippen MR) is 99.9 cm³/mol. The molecule has 0 unspecified atom stereocenters. The molecule has 26 heavy (non-hydrogen) atoms. The maximum absolute atomic E-state index is 12.0. The first-order valence-electron chi connectivity index (χ1n) is 8.58. The second-order valence-electron chi connectivity index (χ2n) is 5.77. The Kier molecular flexibility index (Phi) is 8.14. The number of nitrogens with zero attached hydrogens (tertiary/aromatic N) is 3. The fourth-order valence-electron chi connectivity index (χ4n) is 2.30. The molecule has 0 atom stereocenters. The largest absolute Gasteiger partial charge is 0.465 e. The molecule has 1 N–H and O–H groups in total. The zero-order valence-corrected chi connectivity index (χ0v) is 15.9. The summed E-state index contributed by atoms with van der Waals surface area (Å²) in [4.78, 5) is 23.4. The van der Waals surface area contributed by atoms with Gasteiger partial charge in [-0.05, 0) is 24.1 Å². The highest BCUT2D eigenvalue weighted by molar-refractivity contribution is 7.99. The van der Waals surface area contributed by atoms with E-state index in [1.165, 1.54) is 18.9 Å². The summed E-state index contributed by atoms with van der Waals surface area (Å²) >= 11 is 1.38. The van der Waals surface area contributed by atoms with E-state index in [9.17, 15) is 9.59 Å². The zero-order chi connectivity index (χ0) is 18.8. The number of carbonyl (C=O) groups is 2. The topological polar surface area (TPSA) is 86.1 Å². The molecule has 8 heteroatoms. The van der Waals surface area contributed by atoms with E-state index in [4.69, 9.17) is 0 Å². The number of aryl methyl sites for hydroxylation is 1. The molecule has 1 amide bonds. The van der Waals surface area contributed by atoms with E-state index in [1.54, 1.807) is 30.6 Å². The Hall–Kier alpha value is -2.35. The molecule has 0 aliphatic rings. The van der Waals surface area contributed by atoms with Gasteiger partial charge in [-0.25, -0.2) is 4.79 Å². The summed E-state index contributed by atoms with van der Waals surface area (Å²) in [5.41, 5.74) is 1.40. The van der Waals surface area contributed by atoms with E-state index >= 15 is 0 Å². The van der Waals surface area contributed by atoms with Crippen LogP contribution in [0.3, 0.4) is 0 Å². The van der Waals surface area contributed by atoms with Crippen LogP contribution >= 0.6 is 11.8 Å². The first-order chi connectivity index (χ1) is 12.6. The monoisotopic (exact) mass is 376 g/mol. The molecular formula is C18H24N4O3S. The fourth-order valence-corrected chi connectivity index (χ4v) is 3.07. The van der Waals surface area contributed by atoms with Gasteiger partial charge in [-0.15, -0.1) is 10.2 Å². The van der Waals surface area contributed by atoms with Gasteiger partial charge >= 0.3 is 5.97 Å². The van der Waals surface area contributed by atoms with Crippen LogP contribution < -0.4 is 5.32 Å². The number of nitrogens with one attached hydrogen (secondary N) is 1. The lowest BCUT2D eigenvalue weighted by Gasteiger charge is -2.07. The summed E-state index contributed by atoms with van der Waals surface area (Å²) in [7, 11) is 1.35. The molecule has 140 valence electrons. The highest BCUT2D eigenvalue weighted by atomic mass is 32.2. The lowest BCUT2D eigenvalue weighted by molar-refractivity contribution is -0.118. The summed E-state index contributed by atoms with van der Waals surface area (Å²) in [6, 6.07) is 6.95. The minimum Gasteiger partial charge on any atom is -0.465 e. The number of methoxy groups -OCH3 is 1. The number of aromatic nitrogens is 3. The highest BCUT2D eigenvalue weighted by Gasteiger charge is 2.09. The molecule has 7 nitrogen and oxygen atoms in total. The number of ether oxygens (including phenoxy) is 1. The number of amides is 1. The van der Waals surface area contributed by atoms with Crippen molar-refractivity contribution in [2.24, 2.45) is 0 Å². The summed E-state index contributed by atoms with van der Waals surface area (Å²) in [6.07, 6.45) is 5.11. The maximum atomic E-state index is 12.0. The molecule has 2 aromatic rings. The molecular weight excluding hydrogens is 352 g/mol. The van der Waals surface area contributed by atoms with Crippen LogP contribution in [0, 0.1) is 0 Å². The Morgan fingerprint density at radius 3 is 2.69 bits per heavy atom. The van der Waals surface area contributed by atoms with Crippen molar-refractivity contribution in [3.63, 3.8) is 0 Å². The highest BCUT2D eigenvalue weighted by Crippen LogP contribution is 2.15.